The Morgan fingerprint density at radius 2 is 1.00 bits per heavy atom. The van der Waals surface area contributed by atoms with Gasteiger partial charge in [0.2, 0.25) is 0 Å². The van der Waals surface area contributed by atoms with Crippen molar-refractivity contribution >= 4 is 0 Å². The molecule has 0 heterocycles. The fourth-order valence-electron chi connectivity index (χ4n) is 0. The van der Waals surface area contributed by atoms with E-state index in [1.54, 1.807) is 0 Å². The summed E-state index contributed by atoms with van der Waals surface area (Å²) in [5.41, 5.74) is 0. The summed E-state index contributed by atoms with van der Waals surface area (Å²) in [6, 6.07) is 0. The molecule has 0 N–H and O–H groups in total. The topological polar surface area (TPSA) is 74.3 Å². The van der Waals surface area contributed by atoms with Crippen molar-refractivity contribution in [2.24, 2.45) is 0 Å². The van der Waals surface area contributed by atoms with Gasteiger partial charge in [0.1, 0.15) is 0 Å². The van der Waals surface area contributed by atoms with Crippen molar-refractivity contribution in [1.82, 2.24) is 0 Å². The van der Waals surface area contributed by atoms with E-state index in [2.05, 4.69) is 0 Å². The van der Waals surface area contributed by atoms with Gasteiger partial charge in [-0.05, 0) is 0 Å². The summed E-state index contributed by atoms with van der Waals surface area (Å²) in [6.45, 7) is 0. The zero-order chi connectivity index (χ0) is 4.50. The third-order valence-corrected chi connectivity index (χ3v) is 0. The van der Waals surface area contributed by atoms with E-state index in [4.69, 9.17) is 15.7 Å². The van der Waals surface area contributed by atoms with Crippen molar-refractivity contribution in [3.05, 3.63) is 0 Å². The van der Waals surface area contributed by atoms with Gasteiger partial charge in [0, 0.05) is 0 Å². The number of rotatable bonds is 0. The van der Waals surface area contributed by atoms with Gasteiger partial charge in [-0.25, -0.2) is 0 Å². The van der Waals surface area contributed by atoms with E-state index >= 15 is 0 Å². The maximum absolute atomic E-state index is 8.58. The zero-order valence-electron chi connectivity index (χ0n) is 4.39. The van der Waals surface area contributed by atoms with E-state index in [1.165, 1.54) is 0 Å². The summed E-state index contributed by atoms with van der Waals surface area (Å²) in [5, 5.41) is 0. The van der Waals surface area contributed by atoms with E-state index < -0.39 is 13.0 Å². The van der Waals surface area contributed by atoms with Gasteiger partial charge in [0.25, 0.3) is 0 Å². The molecule has 0 amide bonds. The van der Waals surface area contributed by atoms with Crippen LogP contribution >= 0.6 is 0 Å². The van der Waals surface area contributed by atoms with Crippen molar-refractivity contribution in [2.45, 2.75) is 0 Å². The molecular weight excluding hydrogens is 277 g/mol. The monoisotopic (exact) mass is 276 g/mol. The molecule has 0 aromatic rings. The van der Waals surface area contributed by atoms with Gasteiger partial charge in [0.15, 0.2) is 0 Å². The van der Waals surface area contributed by atoms with Gasteiger partial charge >= 0.3 is 131 Å². The summed E-state index contributed by atoms with van der Waals surface area (Å²) in [7, 11) is 0. The Bertz CT molecular complexity index is 135. The first-order valence-corrected chi connectivity index (χ1v) is 2.54. The van der Waals surface area contributed by atoms with Gasteiger partial charge in [-0.2, -0.15) is 0 Å². The van der Waals surface area contributed by atoms with Crippen LogP contribution in [0.5, 0.6) is 0 Å². The standard InChI is InChI=1S/BrH.2K.Mn.4O/h1H;;;;;;;/q;2*+1;;;;;-1/p-1. The SMILES string of the molecule is [Br-].[K+].[K+].[O]=[Mn](=[O])(=[O])[O-]. The van der Waals surface area contributed by atoms with Crippen LogP contribution in [0.2, 0.25) is 0 Å². The van der Waals surface area contributed by atoms with Crippen LogP contribution in [0.25, 0.3) is 0 Å². The van der Waals surface area contributed by atoms with E-state index in [0.29, 0.717) is 0 Å². The third kappa shape index (κ3) is 54.4. The molecule has 8 heteroatoms. The molecule has 0 bridgehead atoms. The summed E-state index contributed by atoms with van der Waals surface area (Å²) in [4.78, 5) is 0. The molecule has 0 fully saturated rings. The van der Waals surface area contributed by atoms with Crippen LogP contribution in [0.4, 0.5) is 0 Å². The van der Waals surface area contributed by atoms with Crippen LogP contribution in [0.3, 0.4) is 0 Å². The van der Waals surface area contributed by atoms with Gasteiger partial charge in [0.05, 0.1) is 0 Å². The van der Waals surface area contributed by atoms with Crippen molar-refractivity contribution in [3.8, 4) is 0 Å². The first-order valence-electron chi connectivity index (χ1n) is 0.617. The zero-order valence-corrected chi connectivity index (χ0v) is 13.4. The Balaban J connectivity index is -0.0000000267. The quantitative estimate of drug-likeness (QED) is 0.412. The molecule has 0 saturated carbocycles. The minimum absolute atomic E-state index is 0. The Kier molecular flexibility index (Phi) is 30.0. The molecule has 0 aliphatic rings. The van der Waals surface area contributed by atoms with E-state index in [0.717, 1.165) is 0 Å². The van der Waals surface area contributed by atoms with Crippen LogP contribution in [-0.4, -0.2) is 0 Å². The molecule has 0 aromatic carbocycles. The van der Waals surface area contributed by atoms with Crippen LogP contribution in [0, 0.1) is 0 Å². The molecule has 0 aliphatic heterocycles. The molecule has 40 valence electrons. The van der Waals surface area contributed by atoms with E-state index in [-0.39, 0.29) is 120 Å². The average molecular weight is 277 g/mol. The van der Waals surface area contributed by atoms with Crippen molar-refractivity contribution in [3.63, 3.8) is 0 Å². The van der Waals surface area contributed by atoms with E-state index in [9.17, 15) is 0 Å². The minimum atomic E-state index is -5.62. The molecule has 0 radical (unpaired) electrons. The van der Waals surface area contributed by atoms with Crippen LogP contribution in [0.1, 0.15) is 0 Å². The Morgan fingerprint density at radius 3 is 1.00 bits per heavy atom. The van der Waals surface area contributed by atoms with Crippen molar-refractivity contribution in [1.29, 1.82) is 0 Å². The average Bonchev–Trinajstić information content (AvgIpc) is 0.722. The first kappa shape index (κ1) is 22.6. The van der Waals surface area contributed by atoms with Gasteiger partial charge < -0.3 is 17.0 Å². The molecule has 0 unspecified atom stereocenters. The second-order valence-electron chi connectivity index (χ2n) is 0.378. The van der Waals surface area contributed by atoms with Crippen molar-refractivity contribution < 1.29 is 148 Å². The summed E-state index contributed by atoms with van der Waals surface area (Å²) in [6.07, 6.45) is 0. The fraction of sp³-hybridized carbons (Fsp3) is 0. The molecule has 0 aliphatic carbocycles. The molecule has 0 saturated heterocycles. The molecule has 0 aromatic heterocycles. The van der Waals surface area contributed by atoms with Gasteiger partial charge in [-0.15, -0.1) is 0 Å². The third-order valence-electron chi connectivity index (χ3n) is 0. The van der Waals surface area contributed by atoms with Crippen molar-refractivity contribution in [2.75, 3.05) is 0 Å². The molecule has 0 atom stereocenters. The Morgan fingerprint density at radius 1 is 1.00 bits per heavy atom. The Labute approximate surface area is 144 Å². The normalized spacial score (nSPS) is 7.12. The first-order chi connectivity index (χ1) is 2.00. The fourth-order valence-corrected chi connectivity index (χ4v) is 0. The summed E-state index contributed by atoms with van der Waals surface area (Å²) in [5.74, 6) is 0. The number of halogens is 1. The second kappa shape index (κ2) is 10.6. The second-order valence-corrected chi connectivity index (χ2v) is 1.56. The number of hydrogen-bond donors (Lipinski definition) is 0. The van der Waals surface area contributed by atoms with Gasteiger partial charge in [-0.3, -0.25) is 0 Å². The molecule has 0 spiro atoms. The Hall–Kier alpha value is 3.63. The summed E-state index contributed by atoms with van der Waals surface area (Å²) >= 11 is -5.62. The molecule has 8 heavy (non-hydrogen) atoms. The summed E-state index contributed by atoms with van der Waals surface area (Å²) < 4.78 is 34.3. The number of hydrogen-bond acceptors (Lipinski definition) is 4. The maximum atomic E-state index is 8.58. The predicted molar refractivity (Wildman–Crippen MR) is 2.06 cm³/mol. The predicted octanol–water partition coefficient (Wildman–Crippen LogP) is -10.5. The van der Waals surface area contributed by atoms with Crippen LogP contribution < -0.4 is 124 Å². The van der Waals surface area contributed by atoms with Crippen LogP contribution in [-0.2, 0) is 24.5 Å². The van der Waals surface area contributed by atoms with E-state index in [1.807, 2.05) is 0 Å². The molecule has 0 rings (SSSR count). The molecular formula is BrK2MnO4. The van der Waals surface area contributed by atoms with Crippen LogP contribution in [0.15, 0.2) is 0 Å². The van der Waals surface area contributed by atoms with Gasteiger partial charge in [-0.1, -0.05) is 0 Å². The molecule has 4 nitrogen and oxygen atoms in total.